The molecular formula is C11H22N2O. The quantitative estimate of drug-likeness (QED) is 0.670. The normalized spacial score (nSPS) is 24.6. The van der Waals surface area contributed by atoms with Gasteiger partial charge >= 0.3 is 0 Å². The standard InChI is InChI=1S/C11H22N2O/c1-2-14-11-6-5-9-13(10-11)8-4-3-7-12/h3-4,11H,2,5-10,12H2,1H3. The first-order valence-corrected chi connectivity index (χ1v) is 5.55. The number of nitrogens with zero attached hydrogens (tertiary/aromatic N) is 1. The average molecular weight is 198 g/mol. The molecule has 1 saturated heterocycles. The first-order chi connectivity index (χ1) is 6.86. The molecule has 1 atom stereocenters. The van der Waals surface area contributed by atoms with Crippen LogP contribution in [0, 0.1) is 0 Å². The highest BCUT2D eigenvalue weighted by Gasteiger charge is 2.18. The largest absolute Gasteiger partial charge is 0.377 e. The van der Waals surface area contributed by atoms with Gasteiger partial charge < -0.3 is 10.5 Å². The minimum atomic E-state index is 0.444. The van der Waals surface area contributed by atoms with Gasteiger partial charge in [0.2, 0.25) is 0 Å². The summed E-state index contributed by atoms with van der Waals surface area (Å²) >= 11 is 0. The van der Waals surface area contributed by atoms with Crippen LogP contribution in [0.2, 0.25) is 0 Å². The summed E-state index contributed by atoms with van der Waals surface area (Å²) in [6.45, 7) is 6.81. The van der Waals surface area contributed by atoms with Crippen LogP contribution in [-0.2, 0) is 4.74 Å². The number of likely N-dealkylation sites (tertiary alicyclic amines) is 1. The maximum atomic E-state index is 5.63. The lowest BCUT2D eigenvalue weighted by Gasteiger charge is -2.31. The van der Waals surface area contributed by atoms with Gasteiger partial charge in [0.25, 0.3) is 0 Å². The summed E-state index contributed by atoms with van der Waals surface area (Å²) < 4.78 is 5.63. The van der Waals surface area contributed by atoms with Gasteiger partial charge in [-0.15, -0.1) is 0 Å². The molecule has 82 valence electrons. The van der Waals surface area contributed by atoms with Crippen LogP contribution in [0.3, 0.4) is 0 Å². The van der Waals surface area contributed by atoms with E-state index in [-0.39, 0.29) is 0 Å². The van der Waals surface area contributed by atoms with E-state index in [0.29, 0.717) is 12.6 Å². The Balaban J connectivity index is 2.21. The summed E-state index contributed by atoms with van der Waals surface area (Å²) in [5.74, 6) is 0. The van der Waals surface area contributed by atoms with Crippen LogP contribution in [-0.4, -0.2) is 43.8 Å². The minimum Gasteiger partial charge on any atom is -0.377 e. The van der Waals surface area contributed by atoms with Crippen LogP contribution in [0.4, 0.5) is 0 Å². The van der Waals surface area contributed by atoms with Crippen molar-refractivity contribution in [2.45, 2.75) is 25.9 Å². The molecule has 0 saturated carbocycles. The Labute approximate surface area is 86.9 Å². The highest BCUT2D eigenvalue weighted by Crippen LogP contribution is 2.12. The summed E-state index contributed by atoms with van der Waals surface area (Å²) in [5.41, 5.74) is 5.39. The zero-order chi connectivity index (χ0) is 10.2. The summed E-state index contributed by atoms with van der Waals surface area (Å²) in [4.78, 5) is 2.43. The maximum Gasteiger partial charge on any atom is 0.0702 e. The van der Waals surface area contributed by atoms with Gasteiger partial charge in [0.05, 0.1) is 6.10 Å². The predicted molar refractivity (Wildman–Crippen MR) is 59.3 cm³/mol. The SMILES string of the molecule is CCOC1CCCN(CC=CCN)C1. The van der Waals surface area contributed by atoms with E-state index in [1.54, 1.807) is 0 Å². The first kappa shape index (κ1) is 11.7. The first-order valence-electron chi connectivity index (χ1n) is 5.55. The summed E-state index contributed by atoms with van der Waals surface area (Å²) in [7, 11) is 0. The number of hydrogen-bond acceptors (Lipinski definition) is 3. The van der Waals surface area contributed by atoms with E-state index in [1.807, 2.05) is 6.08 Å². The monoisotopic (exact) mass is 198 g/mol. The second-order valence-electron chi connectivity index (χ2n) is 3.69. The summed E-state index contributed by atoms with van der Waals surface area (Å²) in [6.07, 6.45) is 7.07. The molecule has 0 aromatic heterocycles. The molecular weight excluding hydrogens is 176 g/mol. The highest BCUT2D eigenvalue weighted by atomic mass is 16.5. The van der Waals surface area contributed by atoms with E-state index in [4.69, 9.17) is 10.5 Å². The molecule has 0 spiro atoms. The van der Waals surface area contributed by atoms with Gasteiger partial charge in [-0.2, -0.15) is 0 Å². The molecule has 0 amide bonds. The third-order valence-electron chi connectivity index (χ3n) is 2.53. The molecule has 1 heterocycles. The number of hydrogen-bond donors (Lipinski definition) is 1. The van der Waals surface area contributed by atoms with Crippen molar-refractivity contribution in [2.75, 3.05) is 32.8 Å². The van der Waals surface area contributed by atoms with Gasteiger partial charge in [-0.25, -0.2) is 0 Å². The lowest BCUT2D eigenvalue weighted by molar-refractivity contribution is 0.00925. The van der Waals surface area contributed by atoms with E-state index < -0.39 is 0 Å². The van der Waals surface area contributed by atoms with Gasteiger partial charge in [0.1, 0.15) is 0 Å². The molecule has 1 aliphatic rings. The van der Waals surface area contributed by atoms with E-state index in [1.165, 1.54) is 19.4 Å². The van der Waals surface area contributed by atoms with Crippen molar-refractivity contribution >= 4 is 0 Å². The van der Waals surface area contributed by atoms with E-state index in [0.717, 1.165) is 19.7 Å². The van der Waals surface area contributed by atoms with Crippen molar-refractivity contribution in [2.24, 2.45) is 5.73 Å². The molecule has 3 nitrogen and oxygen atoms in total. The fourth-order valence-electron chi connectivity index (χ4n) is 1.87. The molecule has 2 N–H and O–H groups in total. The Hall–Kier alpha value is -0.380. The van der Waals surface area contributed by atoms with Crippen LogP contribution < -0.4 is 5.73 Å². The number of rotatable bonds is 5. The molecule has 1 unspecified atom stereocenters. The van der Waals surface area contributed by atoms with Crippen LogP contribution >= 0.6 is 0 Å². The predicted octanol–water partition coefficient (Wildman–Crippen LogP) is 1.00. The fraction of sp³-hybridized carbons (Fsp3) is 0.818. The molecule has 0 bridgehead atoms. The molecule has 3 heteroatoms. The van der Waals surface area contributed by atoms with Crippen molar-refractivity contribution in [1.82, 2.24) is 4.90 Å². The molecule has 1 fully saturated rings. The van der Waals surface area contributed by atoms with Crippen molar-refractivity contribution in [1.29, 1.82) is 0 Å². The van der Waals surface area contributed by atoms with Crippen molar-refractivity contribution in [3.05, 3.63) is 12.2 Å². The van der Waals surface area contributed by atoms with E-state index >= 15 is 0 Å². The second kappa shape index (κ2) is 6.98. The minimum absolute atomic E-state index is 0.444. The number of nitrogens with two attached hydrogens (primary N) is 1. The van der Waals surface area contributed by atoms with E-state index in [2.05, 4.69) is 17.9 Å². The zero-order valence-corrected chi connectivity index (χ0v) is 9.11. The van der Waals surface area contributed by atoms with Gasteiger partial charge in [0, 0.05) is 26.2 Å². The average Bonchev–Trinajstić information content (AvgIpc) is 2.19. The van der Waals surface area contributed by atoms with E-state index in [9.17, 15) is 0 Å². The molecule has 1 aliphatic heterocycles. The van der Waals surface area contributed by atoms with Crippen LogP contribution in [0.1, 0.15) is 19.8 Å². The van der Waals surface area contributed by atoms with Gasteiger partial charge in [-0.05, 0) is 26.3 Å². The number of ether oxygens (including phenoxy) is 1. The molecule has 14 heavy (non-hydrogen) atoms. The molecule has 0 aromatic rings. The van der Waals surface area contributed by atoms with Gasteiger partial charge in [-0.3, -0.25) is 4.90 Å². The molecule has 0 aromatic carbocycles. The topological polar surface area (TPSA) is 38.5 Å². The second-order valence-corrected chi connectivity index (χ2v) is 3.69. The Bertz CT molecular complexity index is 169. The van der Waals surface area contributed by atoms with Crippen molar-refractivity contribution in [3.8, 4) is 0 Å². The van der Waals surface area contributed by atoms with Crippen LogP contribution in [0.25, 0.3) is 0 Å². The lowest BCUT2D eigenvalue weighted by Crippen LogP contribution is -2.39. The highest BCUT2D eigenvalue weighted by molar-refractivity contribution is 4.87. The third kappa shape index (κ3) is 4.22. The fourth-order valence-corrected chi connectivity index (χ4v) is 1.87. The van der Waals surface area contributed by atoms with Crippen molar-refractivity contribution < 1.29 is 4.74 Å². The zero-order valence-electron chi connectivity index (χ0n) is 9.11. The maximum absolute atomic E-state index is 5.63. The van der Waals surface area contributed by atoms with Gasteiger partial charge in [0.15, 0.2) is 0 Å². The van der Waals surface area contributed by atoms with Crippen LogP contribution in [0.15, 0.2) is 12.2 Å². The molecule has 0 aliphatic carbocycles. The third-order valence-corrected chi connectivity index (χ3v) is 2.53. The Kier molecular flexibility index (Phi) is 5.83. The smallest absolute Gasteiger partial charge is 0.0702 e. The Morgan fingerprint density at radius 2 is 2.36 bits per heavy atom. The Morgan fingerprint density at radius 3 is 3.07 bits per heavy atom. The van der Waals surface area contributed by atoms with Crippen LogP contribution in [0.5, 0.6) is 0 Å². The van der Waals surface area contributed by atoms with Gasteiger partial charge in [-0.1, -0.05) is 12.2 Å². The van der Waals surface area contributed by atoms with Crippen molar-refractivity contribution in [3.63, 3.8) is 0 Å². The lowest BCUT2D eigenvalue weighted by atomic mass is 10.1. The summed E-state index contributed by atoms with van der Waals surface area (Å²) in [6, 6.07) is 0. The summed E-state index contributed by atoms with van der Waals surface area (Å²) in [5, 5.41) is 0. The number of piperidine rings is 1. The molecule has 1 rings (SSSR count). The Morgan fingerprint density at radius 1 is 1.50 bits per heavy atom. The molecule has 0 radical (unpaired) electrons.